The van der Waals surface area contributed by atoms with E-state index in [1.165, 1.54) is 6.07 Å². The van der Waals surface area contributed by atoms with Crippen LogP contribution in [0.15, 0.2) is 18.2 Å². The van der Waals surface area contributed by atoms with Crippen LogP contribution in [0, 0.1) is 11.8 Å². The quantitative estimate of drug-likeness (QED) is 0.768. The molecule has 0 spiro atoms. The number of sulfonamides is 1. The number of nitrogens with zero attached hydrogens (tertiary/aromatic N) is 1. The van der Waals surface area contributed by atoms with Crippen molar-refractivity contribution in [3.8, 4) is 0 Å². The summed E-state index contributed by atoms with van der Waals surface area (Å²) in [6.45, 7) is 7.68. The van der Waals surface area contributed by atoms with Gasteiger partial charge in [-0.2, -0.15) is 0 Å². The minimum atomic E-state index is -3.70. The summed E-state index contributed by atoms with van der Waals surface area (Å²) in [5, 5.41) is 3.23. The van der Waals surface area contributed by atoms with Crippen molar-refractivity contribution in [2.24, 2.45) is 11.8 Å². The maximum Gasteiger partial charge on any atom is 0.241 e. The van der Waals surface area contributed by atoms with Crippen molar-refractivity contribution in [3.63, 3.8) is 0 Å². The molecule has 0 bridgehead atoms. The van der Waals surface area contributed by atoms with E-state index in [0.29, 0.717) is 0 Å². The number of hydrogen-bond donors (Lipinski definition) is 1. The van der Waals surface area contributed by atoms with Crippen LogP contribution >= 0.6 is 23.2 Å². The van der Waals surface area contributed by atoms with E-state index in [1.54, 1.807) is 12.1 Å². The second kappa shape index (κ2) is 8.41. The molecular formula is C16H24Cl2N2O3S. The van der Waals surface area contributed by atoms with Gasteiger partial charge in [-0.3, -0.25) is 9.10 Å². The van der Waals surface area contributed by atoms with Gasteiger partial charge < -0.3 is 5.32 Å². The SMILES string of the molecule is CC(C)C(NC(=O)CN(c1cccc(Cl)c1Cl)S(C)(=O)=O)C(C)C. The molecule has 0 aliphatic heterocycles. The van der Waals surface area contributed by atoms with Crippen LogP contribution in [0.3, 0.4) is 0 Å². The molecule has 0 unspecified atom stereocenters. The predicted octanol–water partition coefficient (Wildman–Crippen LogP) is 3.56. The molecule has 0 aliphatic carbocycles. The van der Waals surface area contributed by atoms with Gasteiger partial charge in [-0.05, 0) is 24.0 Å². The molecule has 1 amide bonds. The molecule has 0 aromatic heterocycles. The highest BCUT2D eigenvalue weighted by atomic mass is 35.5. The van der Waals surface area contributed by atoms with Crippen LogP contribution in [0.25, 0.3) is 0 Å². The topological polar surface area (TPSA) is 66.5 Å². The first-order valence-corrected chi connectivity index (χ1v) is 10.3. The maximum absolute atomic E-state index is 12.4. The second-order valence-electron chi connectivity index (χ2n) is 6.42. The Morgan fingerprint density at radius 2 is 1.71 bits per heavy atom. The number of carbonyl (C=O) groups excluding carboxylic acids is 1. The number of hydrogen-bond acceptors (Lipinski definition) is 3. The summed E-state index contributed by atoms with van der Waals surface area (Å²) in [4.78, 5) is 12.4. The molecule has 24 heavy (non-hydrogen) atoms. The molecule has 0 saturated heterocycles. The van der Waals surface area contributed by atoms with E-state index in [-0.39, 0.29) is 46.1 Å². The first kappa shape index (κ1) is 21.1. The van der Waals surface area contributed by atoms with Crippen molar-refractivity contribution in [3.05, 3.63) is 28.2 Å². The summed E-state index contributed by atoms with van der Waals surface area (Å²) in [5.41, 5.74) is 0.187. The highest BCUT2D eigenvalue weighted by Gasteiger charge is 2.26. The van der Waals surface area contributed by atoms with Crippen LogP contribution in [-0.4, -0.2) is 33.2 Å². The lowest BCUT2D eigenvalue weighted by atomic mass is 9.93. The van der Waals surface area contributed by atoms with E-state index in [2.05, 4.69) is 5.32 Å². The van der Waals surface area contributed by atoms with Crippen molar-refractivity contribution >= 4 is 44.8 Å². The minimum absolute atomic E-state index is 0.0475. The molecule has 0 heterocycles. The third-order valence-electron chi connectivity index (χ3n) is 3.65. The Labute approximate surface area is 154 Å². The largest absolute Gasteiger partial charge is 0.351 e. The fourth-order valence-corrected chi connectivity index (χ4v) is 3.84. The van der Waals surface area contributed by atoms with Crippen molar-refractivity contribution in [1.82, 2.24) is 5.32 Å². The van der Waals surface area contributed by atoms with Gasteiger partial charge in [0, 0.05) is 6.04 Å². The van der Waals surface area contributed by atoms with Crippen LogP contribution in [0.2, 0.25) is 10.0 Å². The summed E-state index contributed by atoms with van der Waals surface area (Å²) in [5.74, 6) is 0.0784. The van der Waals surface area contributed by atoms with Crippen molar-refractivity contribution < 1.29 is 13.2 Å². The Kier molecular flexibility index (Phi) is 7.38. The average Bonchev–Trinajstić information content (AvgIpc) is 2.43. The Balaban J connectivity index is 3.08. The van der Waals surface area contributed by atoms with E-state index in [0.717, 1.165) is 10.6 Å². The molecule has 0 radical (unpaired) electrons. The lowest BCUT2D eigenvalue weighted by Crippen LogP contribution is -2.47. The predicted molar refractivity (Wildman–Crippen MR) is 100 cm³/mol. The molecule has 1 aromatic rings. The van der Waals surface area contributed by atoms with E-state index in [1.807, 2.05) is 27.7 Å². The number of amides is 1. The van der Waals surface area contributed by atoms with Gasteiger partial charge in [0.1, 0.15) is 6.54 Å². The Hall–Kier alpha value is -0.980. The lowest BCUT2D eigenvalue weighted by Gasteiger charge is -2.28. The van der Waals surface area contributed by atoms with Gasteiger partial charge in [-0.1, -0.05) is 57.0 Å². The zero-order chi connectivity index (χ0) is 18.7. The molecule has 136 valence electrons. The first-order chi connectivity index (χ1) is 10.9. The Morgan fingerprint density at radius 3 is 2.17 bits per heavy atom. The molecular weight excluding hydrogens is 371 g/mol. The van der Waals surface area contributed by atoms with E-state index in [9.17, 15) is 13.2 Å². The van der Waals surface area contributed by atoms with Crippen LogP contribution in [0.4, 0.5) is 5.69 Å². The number of halogens is 2. The minimum Gasteiger partial charge on any atom is -0.351 e. The van der Waals surface area contributed by atoms with Crippen molar-refractivity contribution in [1.29, 1.82) is 0 Å². The number of anilines is 1. The average molecular weight is 395 g/mol. The maximum atomic E-state index is 12.4. The lowest BCUT2D eigenvalue weighted by molar-refractivity contribution is -0.121. The van der Waals surface area contributed by atoms with Gasteiger partial charge in [0.2, 0.25) is 15.9 Å². The van der Waals surface area contributed by atoms with Crippen LogP contribution < -0.4 is 9.62 Å². The Bertz CT molecular complexity index is 683. The zero-order valence-corrected chi connectivity index (χ0v) is 16.8. The molecule has 0 aliphatic rings. The van der Waals surface area contributed by atoms with Gasteiger partial charge in [-0.15, -0.1) is 0 Å². The van der Waals surface area contributed by atoms with Crippen molar-refractivity contribution in [2.45, 2.75) is 33.7 Å². The van der Waals surface area contributed by atoms with Gasteiger partial charge in [-0.25, -0.2) is 8.42 Å². The molecule has 0 atom stereocenters. The molecule has 0 saturated carbocycles. The number of nitrogens with one attached hydrogen (secondary N) is 1. The fourth-order valence-electron chi connectivity index (χ4n) is 2.53. The van der Waals surface area contributed by atoms with E-state index in [4.69, 9.17) is 23.2 Å². The summed E-state index contributed by atoms with van der Waals surface area (Å²) < 4.78 is 25.2. The van der Waals surface area contributed by atoms with Crippen molar-refractivity contribution in [2.75, 3.05) is 17.1 Å². The molecule has 5 nitrogen and oxygen atoms in total. The molecule has 8 heteroatoms. The van der Waals surface area contributed by atoms with E-state index < -0.39 is 10.0 Å². The summed E-state index contributed by atoms with van der Waals surface area (Å²) >= 11 is 12.1. The summed E-state index contributed by atoms with van der Waals surface area (Å²) in [7, 11) is -3.70. The van der Waals surface area contributed by atoms with Crippen LogP contribution in [-0.2, 0) is 14.8 Å². The number of benzene rings is 1. The standard InChI is InChI=1S/C16H24Cl2N2O3S/c1-10(2)16(11(3)4)19-14(21)9-20(24(5,22)23)13-8-6-7-12(17)15(13)18/h6-8,10-11,16H,9H2,1-5H3,(H,19,21). The molecule has 1 aromatic carbocycles. The number of rotatable bonds is 7. The normalized spacial score (nSPS) is 12.1. The molecule has 1 N–H and O–H groups in total. The van der Waals surface area contributed by atoms with Gasteiger partial charge >= 0.3 is 0 Å². The molecule has 1 rings (SSSR count). The highest BCUT2D eigenvalue weighted by molar-refractivity contribution is 7.92. The van der Waals surface area contributed by atoms with Crippen LogP contribution in [0.1, 0.15) is 27.7 Å². The smallest absolute Gasteiger partial charge is 0.241 e. The Morgan fingerprint density at radius 1 is 1.17 bits per heavy atom. The van der Waals surface area contributed by atoms with E-state index >= 15 is 0 Å². The monoisotopic (exact) mass is 394 g/mol. The van der Waals surface area contributed by atoms with Gasteiger partial charge in [0.25, 0.3) is 0 Å². The van der Waals surface area contributed by atoms with Crippen LogP contribution in [0.5, 0.6) is 0 Å². The number of carbonyl (C=O) groups is 1. The molecule has 0 fully saturated rings. The first-order valence-electron chi connectivity index (χ1n) is 7.66. The summed E-state index contributed by atoms with van der Waals surface area (Å²) in [6.07, 6.45) is 1.03. The highest BCUT2D eigenvalue weighted by Crippen LogP contribution is 2.33. The zero-order valence-electron chi connectivity index (χ0n) is 14.5. The fraction of sp³-hybridized carbons (Fsp3) is 0.562. The second-order valence-corrected chi connectivity index (χ2v) is 9.12. The third kappa shape index (κ3) is 5.53. The third-order valence-corrected chi connectivity index (χ3v) is 5.59. The van der Waals surface area contributed by atoms with Gasteiger partial charge in [0.15, 0.2) is 0 Å². The van der Waals surface area contributed by atoms with Gasteiger partial charge in [0.05, 0.1) is 22.0 Å². The summed E-state index contributed by atoms with van der Waals surface area (Å²) in [6, 6.07) is 4.62.